The number of amides is 8. The van der Waals surface area contributed by atoms with E-state index in [0.717, 1.165) is 29.2 Å². The number of nitrogens with one attached hydrogen (secondary N) is 6. The minimum absolute atomic E-state index is 0.00474. The number of urea groups is 1. The number of ether oxygens (including phenoxy) is 5. The van der Waals surface area contributed by atoms with E-state index >= 15 is 0 Å². The molecule has 8 amide bonds. The molecule has 1 aliphatic heterocycles. The molecule has 1 aromatic carbocycles. The molecule has 26 nitrogen and oxygen atoms in total. The summed E-state index contributed by atoms with van der Waals surface area (Å²) in [6.07, 6.45) is 2.55. The minimum atomic E-state index is -1.18. The van der Waals surface area contributed by atoms with Gasteiger partial charge in [-0.3, -0.25) is 43.2 Å². The predicted molar refractivity (Wildman–Crippen MR) is 226 cm³/mol. The van der Waals surface area contributed by atoms with Crippen molar-refractivity contribution in [1.82, 2.24) is 45.3 Å². The molecule has 2 unspecified atom stereocenters. The first kappa shape index (κ1) is 52.7. The van der Waals surface area contributed by atoms with Gasteiger partial charge in [-0.15, -0.1) is 5.10 Å². The molecule has 65 heavy (non-hydrogen) atoms. The number of carbonyl (C=O) groups is 9. The zero-order valence-corrected chi connectivity index (χ0v) is 36.1. The number of rotatable bonds is 31. The third-order valence-electron chi connectivity index (χ3n) is 8.61. The van der Waals surface area contributed by atoms with Crippen LogP contribution >= 0.6 is 12.1 Å². The third kappa shape index (κ3) is 21.1. The van der Waals surface area contributed by atoms with Crippen LogP contribution in [0.15, 0.2) is 36.5 Å². The van der Waals surface area contributed by atoms with Gasteiger partial charge in [0.1, 0.15) is 24.9 Å². The average molecular weight is 932 g/mol. The van der Waals surface area contributed by atoms with Gasteiger partial charge in [0.2, 0.25) is 31.4 Å². The average Bonchev–Trinajstić information content (AvgIpc) is 3.86. The van der Waals surface area contributed by atoms with Crippen molar-refractivity contribution in [2.75, 3.05) is 65.0 Å². The van der Waals surface area contributed by atoms with Crippen molar-refractivity contribution in [3.63, 3.8) is 0 Å². The molecule has 0 fully saturated rings. The van der Waals surface area contributed by atoms with Crippen LogP contribution < -0.4 is 36.4 Å². The van der Waals surface area contributed by atoms with Crippen LogP contribution in [0.1, 0.15) is 48.5 Å². The number of nitrogens with two attached hydrogens (primary N) is 1. The van der Waals surface area contributed by atoms with Crippen molar-refractivity contribution in [2.24, 2.45) is 5.73 Å². The summed E-state index contributed by atoms with van der Waals surface area (Å²) < 4.78 is 32.6. The Kier molecular flexibility index (Phi) is 23.5. The highest BCUT2D eigenvalue weighted by molar-refractivity contribution is 7.96. The van der Waals surface area contributed by atoms with Crippen LogP contribution in [-0.2, 0) is 72.3 Å². The van der Waals surface area contributed by atoms with Gasteiger partial charge in [-0.25, -0.2) is 19.0 Å². The van der Waals surface area contributed by atoms with E-state index < -0.39 is 78.5 Å². The van der Waals surface area contributed by atoms with Gasteiger partial charge < -0.3 is 55.8 Å². The number of benzene rings is 1. The van der Waals surface area contributed by atoms with Gasteiger partial charge in [0.25, 0.3) is 11.8 Å². The summed E-state index contributed by atoms with van der Waals surface area (Å²) in [5.41, 5.74) is 6.54. The number of anilines is 1. The Balaban J connectivity index is 1.59. The molecular weight excluding hydrogens is 881 g/mol. The molecule has 0 spiro atoms. The summed E-state index contributed by atoms with van der Waals surface area (Å²) in [6, 6.07) is 1.71. The lowest BCUT2D eigenvalue weighted by Gasteiger charge is -2.20. The van der Waals surface area contributed by atoms with E-state index in [1.54, 1.807) is 6.07 Å². The van der Waals surface area contributed by atoms with Gasteiger partial charge in [-0.05, 0) is 36.1 Å². The first-order chi connectivity index (χ1) is 31.1. The van der Waals surface area contributed by atoms with E-state index in [1.807, 2.05) is 0 Å². The molecule has 0 bridgehead atoms. The molecule has 2 heterocycles. The second kappa shape index (κ2) is 28.9. The molecule has 28 heteroatoms. The normalized spacial score (nSPS) is 12.8. The minimum Gasteiger partial charge on any atom is -0.481 e. The molecule has 0 saturated heterocycles. The lowest BCUT2D eigenvalue weighted by atomic mass is 10.1. The Hall–Kier alpha value is -6.62. The van der Waals surface area contributed by atoms with Gasteiger partial charge in [0, 0.05) is 56.6 Å². The molecule has 2 atom stereocenters. The van der Waals surface area contributed by atoms with E-state index in [0.29, 0.717) is 24.3 Å². The standard InChI is InChI=1S/C37H50BN11O15S/c1-60-13-10-42-65-46-37(59)64-22-27(16-33(54)55)49-18-26(45-47-49)21-62-19-24-15-25(5-4-23(24)20-63-35(38)57)43-34(56)28(3-2-9-40-36(39)58)44-30(51)17-41-29(50)8-12-61-14-11-48-31(52)6-7-32(48)53/h4-7,15,18,27-28,42H,2-3,8-14,16-17,19-22H2,1H3,(H,41,50)(H,43,56)(H,44,51)(H,46,59)(H,54,55)(H3,39,40,58). The van der Waals surface area contributed by atoms with Crippen LogP contribution in [0.4, 0.5) is 20.1 Å². The van der Waals surface area contributed by atoms with E-state index in [-0.39, 0.29) is 83.4 Å². The summed E-state index contributed by atoms with van der Waals surface area (Å²) >= 11 is 0.866. The zero-order chi connectivity index (χ0) is 47.6. The maximum Gasteiger partial charge on any atom is 0.418 e. The predicted octanol–water partition coefficient (Wildman–Crippen LogP) is -1.34. The molecule has 0 saturated carbocycles. The number of hydrogen-bond donors (Lipinski definition) is 8. The number of imide groups is 1. The Morgan fingerprint density at radius 1 is 0.923 bits per heavy atom. The highest BCUT2D eigenvalue weighted by atomic mass is 32.2. The smallest absolute Gasteiger partial charge is 0.418 e. The van der Waals surface area contributed by atoms with E-state index in [4.69, 9.17) is 37.3 Å². The lowest BCUT2D eigenvalue weighted by molar-refractivity contribution is -0.139. The molecular formula is C37H50BN11O15S. The number of carboxylic acids is 1. The van der Waals surface area contributed by atoms with Crippen molar-refractivity contribution in [1.29, 1.82) is 0 Å². The van der Waals surface area contributed by atoms with Gasteiger partial charge >= 0.3 is 18.1 Å². The van der Waals surface area contributed by atoms with Gasteiger partial charge in [0.15, 0.2) is 0 Å². The molecule has 2 aromatic rings. The Bertz CT molecular complexity index is 1990. The molecule has 9 N–H and O–H groups in total. The number of carbonyl (C=O) groups excluding carboxylic acids is 8. The molecule has 3 rings (SSSR count). The fourth-order valence-corrected chi connectivity index (χ4v) is 5.86. The van der Waals surface area contributed by atoms with Crippen molar-refractivity contribution in [3.05, 3.63) is 53.4 Å². The second-order valence-electron chi connectivity index (χ2n) is 13.6. The number of methoxy groups -OCH3 is 1. The molecule has 1 aliphatic rings. The summed E-state index contributed by atoms with van der Waals surface area (Å²) in [7, 11) is 6.70. The number of nitrogens with zero attached hydrogens (tertiary/aromatic N) is 4. The first-order valence-electron chi connectivity index (χ1n) is 19.7. The van der Waals surface area contributed by atoms with Crippen molar-refractivity contribution in [2.45, 2.75) is 57.6 Å². The van der Waals surface area contributed by atoms with Crippen molar-refractivity contribution in [3.8, 4) is 0 Å². The highest BCUT2D eigenvalue weighted by Gasteiger charge is 2.24. The maximum absolute atomic E-state index is 13.6. The maximum atomic E-state index is 13.6. The third-order valence-corrected chi connectivity index (χ3v) is 9.23. The van der Waals surface area contributed by atoms with E-state index in [2.05, 4.69) is 41.0 Å². The van der Waals surface area contributed by atoms with Crippen LogP contribution in [0.3, 0.4) is 0 Å². The number of primary amides is 1. The lowest BCUT2D eigenvalue weighted by Crippen LogP contribution is -2.47. The fourth-order valence-electron chi connectivity index (χ4n) is 5.46. The topological polar surface area (TPSA) is 352 Å². The number of aliphatic carboxylic acids is 1. The number of aromatic nitrogens is 3. The summed E-state index contributed by atoms with van der Waals surface area (Å²) in [6.45, 7) is -0.473. The van der Waals surface area contributed by atoms with Gasteiger partial charge in [-0.2, -0.15) is 0 Å². The highest BCUT2D eigenvalue weighted by Crippen LogP contribution is 2.20. The summed E-state index contributed by atoms with van der Waals surface area (Å²) in [5, 5.41) is 27.5. The van der Waals surface area contributed by atoms with Gasteiger partial charge in [0.05, 0.1) is 64.8 Å². The summed E-state index contributed by atoms with van der Waals surface area (Å²) in [4.78, 5) is 109. The Labute approximate surface area is 377 Å². The van der Waals surface area contributed by atoms with Crippen molar-refractivity contribution >= 4 is 79.2 Å². The van der Waals surface area contributed by atoms with E-state index in [9.17, 15) is 48.3 Å². The van der Waals surface area contributed by atoms with Crippen LogP contribution in [0.25, 0.3) is 0 Å². The van der Waals surface area contributed by atoms with E-state index in [1.165, 1.54) is 30.1 Å². The SMILES string of the molecule is [B]C(=O)OCc1ccc(NC(=O)C(CCCNC(N)=O)NC(=O)CNC(=O)CCOCCN2C(=O)C=CC2=O)cc1COCc1cn(C(COC(=O)NSNCCOC)CC(=O)O)nn1. The largest absolute Gasteiger partial charge is 0.481 e. The molecule has 352 valence electrons. The second-order valence-corrected chi connectivity index (χ2v) is 14.3. The Morgan fingerprint density at radius 3 is 2.40 bits per heavy atom. The summed E-state index contributed by atoms with van der Waals surface area (Å²) in [5.74, 6) is -5.06. The fraction of sp³-hybridized carbons (Fsp3) is 0.486. The van der Waals surface area contributed by atoms with Crippen LogP contribution in [-0.4, -0.2) is 152 Å². The molecule has 1 aromatic heterocycles. The first-order valence-corrected chi connectivity index (χ1v) is 20.5. The van der Waals surface area contributed by atoms with Crippen LogP contribution in [0.5, 0.6) is 0 Å². The number of carboxylic acid groups (broad SMARTS) is 1. The molecule has 0 aliphatic carbocycles. The van der Waals surface area contributed by atoms with Crippen LogP contribution in [0.2, 0.25) is 0 Å². The quantitative estimate of drug-likeness (QED) is 0.0188. The molecule has 2 radical (unpaired) electrons. The Morgan fingerprint density at radius 2 is 1.69 bits per heavy atom. The monoisotopic (exact) mass is 931 g/mol. The van der Waals surface area contributed by atoms with Gasteiger partial charge in [-0.1, -0.05) is 11.3 Å². The zero-order valence-electron chi connectivity index (χ0n) is 35.2. The number of hydrogen-bond acceptors (Lipinski definition) is 18. The van der Waals surface area contributed by atoms with Crippen LogP contribution in [0, 0.1) is 0 Å². The van der Waals surface area contributed by atoms with Crippen molar-refractivity contribution < 1.29 is 71.9 Å².